The maximum Gasteiger partial charge on any atom is 0.325 e. The Hall–Kier alpha value is -0.940. The second-order valence-corrected chi connectivity index (χ2v) is 7.29. The number of esters is 1. The summed E-state index contributed by atoms with van der Waals surface area (Å²) >= 11 is 1.57. The Bertz CT molecular complexity index is 572. The summed E-state index contributed by atoms with van der Waals surface area (Å²) in [5.74, 6) is 0.289. The fraction of sp³-hybridized carbons (Fsp3) is 0.688. The molecule has 1 atom stereocenters. The molecule has 1 aromatic rings. The van der Waals surface area contributed by atoms with Crippen LogP contribution in [0, 0.1) is 0 Å². The monoisotopic (exact) mass is 484 g/mol. The van der Waals surface area contributed by atoms with Crippen molar-refractivity contribution in [3.8, 4) is 0 Å². The van der Waals surface area contributed by atoms with Crippen LogP contribution in [0.3, 0.4) is 0 Å². The molecule has 1 aromatic heterocycles. The number of aromatic nitrogens is 1. The van der Waals surface area contributed by atoms with E-state index < -0.39 is 5.60 Å². The summed E-state index contributed by atoms with van der Waals surface area (Å²) in [6.45, 7) is 8.14. The van der Waals surface area contributed by atoms with E-state index >= 15 is 0 Å². The molecule has 9 heteroatoms. The number of methoxy groups -OCH3 is 1. The summed E-state index contributed by atoms with van der Waals surface area (Å²) in [7, 11) is 5.23. The first-order chi connectivity index (χ1) is 11.2. The molecule has 1 unspecified atom stereocenters. The predicted molar refractivity (Wildman–Crippen MR) is 112 cm³/mol. The molecule has 25 heavy (non-hydrogen) atoms. The predicted octanol–water partition coefficient (Wildman–Crippen LogP) is 2.82. The van der Waals surface area contributed by atoms with Gasteiger partial charge in [-0.25, -0.2) is 4.98 Å². The Balaban J connectivity index is 0.00000576. The first-order valence-electron chi connectivity index (χ1n) is 7.77. The van der Waals surface area contributed by atoms with Gasteiger partial charge >= 0.3 is 5.97 Å². The van der Waals surface area contributed by atoms with E-state index in [-0.39, 0.29) is 42.6 Å². The lowest BCUT2D eigenvalue weighted by molar-refractivity contribution is -0.153. The van der Waals surface area contributed by atoms with E-state index in [1.54, 1.807) is 25.5 Å². The van der Waals surface area contributed by atoms with Crippen LogP contribution in [0.25, 0.3) is 0 Å². The van der Waals surface area contributed by atoms with Crippen LogP contribution in [-0.4, -0.2) is 55.2 Å². The smallest absolute Gasteiger partial charge is 0.325 e. The molecule has 144 valence electrons. The maximum absolute atomic E-state index is 11.8. The third kappa shape index (κ3) is 8.82. The molecule has 0 saturated heterocycles. The number of ether oxygens (including phenoxy) is 2. The zero-order valence-electron chi connectivity index (χ0n) is 16.0. The molecular weight excluding hydrogens is 455 g/mol. The first kappa shape index (κ1) is 24.1. The molecule has 0 bridgehead atoms. The molecule has 7 nitrogen and oxygen atoms in total. The summed E-state index contributed by atoms with van der Waals surface area (Å²) in [6, 6.07) is 0. The normalized spacial score (nSPS) is 13.0. The van der Waals surface area contributed by atoms with E-state index in [1.165, 1.54) is 0 Å². The third-order valence-electron chi connectivity index (χ3n) is 3.05. The van der Waals surface area contributed by atoms with Gasteiger partial charge < -0.3 is 19.7 Å². The van der Waals surface area contributed by atoms with Crippen LogP contribution < -0.4 is 5.32 Å². The number of nitrogens with zero attached hydrogens (tertiary/aromatic N) is 3. The van der Waals surface area contributed by atoms with Gasteiger partial charge in [-0.1, -0.05) is 0 Å². The van der Waals surface area contributed by atoms with Crippen LogP contribution in [0.1, 0.15) is 44.5 Å². The number of guanidine groups is 1. The third-order valence-corrected chi connectivity index (χ3v) is 4.11. The van der Waals surface area contributed by atoms with Gasteiger partial charge in [0.15, 0.2) is 5.96 Å². The average Bonchev–Trinajstić information content (AvgIpc) is 2.93. The SMILES string of the molecule is CN=C(NCC(=O)OC(C)(C)C)N(C)Cc1csc(C(C)OC)n1.I. The van der Waals surface area contributed by atoms with Crippen LogP contribution in [-0.2, 0) is 20.8 Å². The number of thiazole rings is 1. The highest BCUT2D eigenvalue weighted by molar-refractivity contribution is 14.0. The van der Waals surface area contributed by atoms with Crippen molar-refractivity contribution in [3.63, 3.8) is 0 Å². The molecule has 0 aliphatic rings. The fourth-order valence-corrected chi connectivity index (χ4v) is 2.76. The lowest BCUT2D eigenvalue weighted by atomic mass is 10.2. The first-order valence-corrected chi connectivity index (χ1v) is 8.65. The topological polar surface area (TPSA) is 76.0 Å². The fourth-order valence-electron chi connectivity index (χ4n) is 1.91. The minimum absolute atomic E-state index is 0. The van der Waals surface area contributed by atoms with Crippen molar-refractivity contribution < 1.29 is 14.3 Å². The number of rotatable bonds is 6. The van der Waals surface area contributed by atoms with E-state index in [1.807, 2.05) is 45.0 Å². The second kappa shape index (κ2) is 10.9. The zero-order valence-corrected chi connectivity index (χ0v) is 19.1. The van der Waals surface area contributed by atoms with Crippen LogP contribution in [0.15, 0.2) is 10.4 Å². The Kier molecular flexibility index (Phi) is 10.5. The van der Waals surface area contributed by atoms with Crippen molar-refractivity contribution in [1.29, 1.82) is 0 Å². The van der Waals surface area contributed by atoms with Gasteiger partial charge in [-0.05, 0) is 27.7 Å². The summed E-state index contributed by atoms with van der Waals surface area (Å²) in [5.41, 5.74) is 0.435. The van der Waals surface area contributed by atoms with Crippen molar-refractivity contribution in [2.24, 2.45) is 4.99 Å². The van der Waals surface area contributed by atoms with E-state index in [2.05, 4.69) is 15.3 Å². The molecule has 0 aliphatic carbocycles. The van der Waals surface area contributed by atoms with E-state index in [9.17, 15) is 4.79 Å². The van der Waals surface area contributed by atoms with Crippen LogP contribution >= 0.6 is 35.3 Å². The highest BCUT2D eigenvalue weighted by atomic mass is 127. The molecule has 0 aliphatic heterocycles. The standard InChI is InChI=1S/C16H28N4O3S.HI/c1-11(22-7)14-19-12(10-24-14)9-20(6)15(17-5)18-8-13(21)23-16(2,3)4;/h10-11H,8-9H2,1-7H3,(H,17,18);1H. The highest BCUT2D eigenvalue weighted by Crippen LogP contribution is 2.20. The lowest BCUT2D eigenvalue weighted by Crippen LogP contribution is -2.42. The van der Waals surface area contributed by atoms with Crippen molar-refractivity contribution in [2.45, 2.75) is 45.9 Å². The van der Waals surface area contributed by atoms with Gasteiger partial charge in [-0.15, -0.1) is 35.3 Å². The number of hydrogen-bond acceptors (Lipinski definition) is 6. The van der Waals surface area contributed by atoms with Gasteiger partial charge in [0, 0.05) is 26.6 Å². The molecule has 0 radical (unpaired) electrons. The van der Waals surface area contributed by atoms with Gasteiger partial charge in [0.25, 0.3) is 0 Å². The van der Waals surface area contributed by atoms with Gasteiger partial charge in [0.05, 0.1) is 12.2 Å². The minimum atomic E-state index is -0.497. The van der Waals surface area contributed by atoms with E-state index in [0.29, 0.717) is 12.5 Å². The number of halogens is 1. The van der Waals surface area contributed by atoms with Gasteiger partial charge in [0.2, 0.25) is 0 Å². The molecule has 0 saturated carbocycles. The Labute approximate surface area is 171 Å². The van der Waals surface area contributed by atoms with Crippen molar-refractivity contribution >= 4 is 47.2 Å². The maximum atomic E-state index is 11.8. The summed E-state index contributed by atoms with van der Waals surface area (Å²) in [4.78, 5) is 22.4. The highest BCUT2D eigenvalue weighted by Gasteiger charge is 2.17. The number of carbonyl (C=O) groups is 1. The molecule has 1 heterocycles. The Morgan fingerprint density at radius 3 is 2.64 bits per heavy atom. The number of nitrogens with one attached hydrogen (secondary N) is 1. The van der Waals surface area contributed by atoms with Crippen molar-refractivity contribution in [3.05, 3.63) is 16.1 Å². The Morgan fingerprint density at radius 2 is 2.12 bits per heavy atom. The lowest BCUT2D eigenvalue weighted by Gasteiger charge is -2.23. The molecule has 0 spiro atoms. The van der Waals surface area contributed by atoms with Crippen LogP contribution in [0.2, 0.25) is 0 Å². The number of hydrogen-bond donors (Lipinski definition) is 1. The summed E-state index contributed by atoms with van der Waals surface area (Å²) in [6.07, 6.45) is -0.0151. The Morgan fingerprint density at radius 1 is 1.48 bits per heavy atom. The van der Waals surface area contributed by atoms with Gasteiger partial charge in [0.1, 0.15) is 23.3 Å². The number of carbonyl (C=O) groups excluding carboxylic acids is 1. The van der Waals surface area contributed by atoms with E-state index in [4.69, 9.17) is 9.47 Å². The van der Waals surface area contributed by atoms with Crippen LogP contribution in [0.4, 0.5) is 0 Å². The zero-order chi connectivity index (χ0) is 18.3. The minimum Gasteiger partial charge on any atom is -0.459 e. The average molecular weight is 484 g/mol. The quantitative estimate of drug-likeness (QED) is 0.290. The molecule has 0 fully saturated rings. The largest absolute Gasteiger partial charge is 0.459 e. The summed E-state index contributed by atoms with van der Waals surface area (Å²) in [5, 5.41) is 5.95. The van der Waals surface area contributed by atoms with Crippen molar-refractivity contribution in [2.75, 3.05) is 27.7 Å². The van der Waals surface area contributed by atoms with E-state index in [0.717, 1.165) is 10.7 Å². The molecule has 1 N–H and O–H groups in total. The molecule has 0 aromatic carbocycles. The summed E-state index contributed by atoms with van der Waals surface area (Å²) < 4.78 is 10.5. The van der Waals surface area contributed by atoms with Gasteiger partial charge in [-0.3, -0.25) is 9.79 Å². The van der Waals surface area contributed by atoms with Crippen LogP contribution in [0.5, 0.6) is 0 Å². The molecular formula is C16H29IN4O3S. The number of aliphatic imine (C=N–C) groups is 1. The molecule has 0 amide bonds. The van der Waals surface area contributed by atoms with Crippen molar-refractivity contribution in [1.82, 2.24) is 15.2 Å². The second-order valence-electron chi connectivity index (χ2n) is 6.40. The molecule has 1 rings (SSSR count). The van der Waals surface area contributed by atoms with Gasteiger partial charge in [-0.2, -0.15) is 0 Å².